The van der Waals surface area contributed by atoms with Gasteiger partial charge in [-0.3, -0.25) is 14.3 Å². The molecule has 2 aromatic carbocycles. The molecule has 0 bridgehead atoms. The van der Waals surface area contributed by atoms with E-state index in [4.69, 9.17) is 4.42 Å². The van der Waals surface area contributed by atoms with E-state index in [9.17, 15) is 18.0 Å². The van der Waals surface area contributed by atoms with Gasteiger partial charge in [0, 0.05) is 29.8 Å². The maximum atomic E-state index is 12.7. The van der Waals surface area contributed by atoms with Gasteiger partial charge in [-0.25, -0.2) is 8.42 Å². The molecule has 0 aliphatic heterocycles. The molecule has 1 aliphatic rings. The van der Waals surface area contributed by atoms with Crippen molar-refractivity contribution in [1.29, 1.82) is 0 Å². The van der Waals surface area contributed by atoms with Gasteiger partial charge in [0.2, 0.25) is 0 Å². The topological polar surface area (TPSA) is 105 Å². The van der Waals surface area contributed by atoms with Gasteiger partial charge >= 0.3 is 0 Å². The molecule has 0 atom stereocenters. The molecule has 0 fully saturated rings. The number of ketones is 1. The van der Waals surface area contributed by atoms with E-state index in [0.717, 1.165) is 12.0 Å². The molecular weight excluding hydrogens is 416 g/mol. The molecule has 3 aromatic rings. The van der Waals surface area contributed by atoms with Crippen molar-refractivity contribution in [3.63, 3.8) is 0 Å². The Morgan fingerprint density at radius 2 is 1.58 bits per heavy atom. The highest BCUT2D eigenvalue weighted by Crippen LogP contribution is 2.30. The molecule has 0 unspecified atom stereocenters. The van der Waals surface area contributed by atoms with Crippen molar-refractivity contribution in [3.05, 3.63) is 76.7 Å². The molecule has 0 saturated heterocycles. The van der Waals surface area contributed by atoms with E-state index in [1.807, 2.05) is 6.92 Å². The van der Waals surface area contributed by atoms with Crippen LogP contribution in [0.2, 0.25) is 0 Å². The number of sulfonamides is 1. The summed E-state index contributed by atoms with van der Waals surface area (Å²) in [6, 6.07) is 12.9. The molecule has 1 heterocycles. The van der Waals surface area contributed by atoms with Gasteiger partial charge in [-0.05, 0) is 56.7 Å². The number of nitrogens with one attached hydrogen (secondary N) is 2. The SMILES string of the molecule is Cc1ccc(S(=O)(=O)Nc2ccc(NC(=O)c3oc4c(c3C)C(=O)CCC4)cc2)cc1. The quantitative estimate of drug-likeness (QED) is 0.611. The molecule has 1 aromatic heterocycles. The Kier molecular flexibility index (Phi) is 5.41. The molecule has 1 aliphatic carbocycles. The van der Waals surface area contributed by atoms with E-state index >= 15 is 0 Å². The number of anilines is 2. The minimum Gasteiger partial charge on any atom is -0.455 e. The fourth-order valence-corrected chi connectivity index (χ4v) is 4.66. The van der Waals surface area contributed by atoms with Crippen molar-refractivity contribution in [1.82, 2.24) is 0 Å². The number of rotatable bonds is 5. The Balaban J connectivity index is 1.47. The van der Waals surface area contributed by atoms with Gasteiger partial charge < -0.3 is 9.73 Å². The third kappa shape index (κ3) is 4.25. The van der Waals surface area contributed by atoms with Crippen LogP contribution in [0.15, 0.2) is 57.8 Å². The average molecular weight is 439 g/mol. The molecule has 1 amide bonds. The van der Waals surface area contributed by atoms with Crippen molar-refractivity contribution < 1.29 is 22.4 Å². The van der Waals surface area contributed by atoms with Crippen LogP contribution in [0.4, 0.5) is 11.4 Å². The molecule has 160 valence electrons. The maximum absolute atomic E-state index is 12.7. The van der Waals surface area contributed by atoms with Gasteiger partial charge in [0.25, 0.3) is 15.9 Å². The Labute approximate surface area is 180 Å². The monoisotopic (exact) mass is 438 g/mol. The predicted molar refractivity (Wildman–Crippen MR) is 117 cm³/mol. The number of hydrogen-bond acceptors (Lipinski definition) is 5. The second-order valence-electron chi connectivity index (χ2n) is 7.58. The number of hydrogen-bond donors (Lipinski definition) is 2. The van der Waals surface area contributed by atoms with Crippen molar-refractivity contribution in [2.45, 2.75) is 38.0 Å². The molecule has 7 nitrogen and oxygen atoms in total. The zero-order chi connectivity index (χ0) is 22.2. The lowest BCUT2D eigenvalue weighted by molar-refractivity contribution is 0.0963. The van der Waals surface area contributed by atoms with Crippen molar-refractivity contribution in [3.8, 4) is 0 Å². The Morgan fingerprint density at radius 1 is 0.935 bits per heavy atom. The van der Waals surface area contributed by atoms with Gasteiger partial charge in [-0.15, -0.1) is 0 Å². The van der Waals surface area contributed by atoms with Gasteiger partial charge in [0.05, 0.1) is 10.5 Å². The molecular formula is C23H22N2O5S. The maximum Gasteiger partial charge on any atom is 0.291 e. The summed E-state index contributed by atoms with van der Waals surface area (Å²) in [7, 11) is -3.71. The van der Waals surface area contributed by atoms with Crippen LogP contribution < -0.4 is 10.0 Å². The molecule has 2 N–H and O–H groups in total. The Morgan fingerprint density at radius 3 is 2.23 bits per heavy atom. The standard InChI is InChI=1S/C23H22N2O5S/c1-14-6-12-18(13-7-14)31(28,29)25-17-10-8-16(9-11-17)24-23(27)22-15(2)21-19(26)4-3-5-20(21)30-22/h6-13,25H,3-5H2,1-2H3,(H,24,27). The third-order valence-electron chi connectivity index (χ3n) is 5.24. The van der Waals surface area contributed by atoms with E-state index in [2.05, 4.69) is 10.0 Å². The predicted octanol–water partition coefficient (Wildman–Crippen LogP) is 4.47. The van der Waals surface area contributed by atoms with Crippen LogP contribution >= 0.6 is 0 Å². The third-order valence-corrected chi connectivity index (χ3v) is 6.64. The van der Waals surface area contributed by atoms with Crippen LogP contribution in [0.1, 0.15) is 50.6 Å². The van der Waals surface area contributed by atoms with Gasteiger partial charge in [-0.1, -0.05) is 17.7 Å². The number of fused-ring (bicyclic) bond motifs is 1. The normalized spacial score (nSPS) is 13.5. The first-order valence-corrected chi connectivity index (χ1v) is 11.4. The summed E-state index contributed by atoms with van der Waals surface area (Å²) in [5.74, 6) is 0.253. The minimum absolute atomic E-state index is 0.00626. The highest BCUT2D eigenvalue weighted by atomic mass is 32.2. The summed E-state index contributed by atoms with van der Waals surface area (Å²) in [4.78, 5) is 25.0. The molecule has 0 saturated carbocycles. The van der Waals surface area contributed by atoms with Crippen LogP contribution in [0.25, 0.3) is 0 Å². The second kappa shape index (κ2) is 8.03. The zero-order valence-corrected chi connectivity index (χ0v) is 18.0. The fourth-order valence-electron chi connectivity index (χ4n) is 3.61. The van der Waals surface area contributed by atoms with E-state index in [-0.39, 0.29) is 16.4 Å². The van der Waals surface area contributed by atoms with Crippen LogP contribution in [-0.2, 0) is 16.4 Å². The molecule has 8 heteroatoms. The van der Waals surface area contributed by atoms with E-state index in [1.54, 1.807) is 55.5 Å². The Bertz CT molecular complexity index is 1260. The molecule has 31 heavy (non-hydrogen) atoms. The minimum atomic E-state index is -3.71. The van der Waals surface area contributed by atoms with E-state index < -0.39 is 15.9 Å². The summed E-state index contributed by atoms with van der Waals surface area (Å²) < 4.78 is 33.2. The summed E-state index contributed by atoms with van der Waals surface area (Å²) in [5, 5.41) is 2.73. The van der Waals surface area contributed by atoms with Crippen LogP contribution in [0.3, 0.4) is 0 Å². The first kappa shape index (κ1) is 20.9. The van der Waals surface area contributed by atoms with Gasteiger partial charge in [-0.2, -0.15) is 0 Å². The van der Waals surface area contributed by atoms with Gasteiger partial charge in [0.15, 0.2) is 11.5 Å². The first-order chi connectivity index (χ1) is 14.7. The molecule has 0 spiro atoms. The average Bonchev–Trinajstić information content (AvgIpc) is 3.07. The van der Waals surface area contributed by atoms with Crippen LogP contribution in [0.5, 0.6) is 0 Å². The number of Topliss-reactive ketones (excluding diaryl/α,β-unsaturated/α-hetero) is 1. The van der Waals surface area contributed by atoms with Gasteiger partial charge in [0.1, 0.15) is 5.76 Å². The smallest absolute Gasteiger partial charge is 0.291 e. The number of amides is 1. The van der Waals surface area contributed by atoms with Crippen molar-refractivity contribution in [2.24, 2.45) is 0 Å². The zero-order valence-electron chi connectivity index (χ0n) is 17.2. The number of carbonyl (C=O) groups excluding carboxylic acids is 2. The number of benzene rings is 2. The van der Waals surface area contributed by atoms with E-state index in [0.29, 0.717) is 41.1 Å². The molecule has 0 radical (unpaired) electrons. The van der Waals surface area contributed by atoms with Crippen molar-refractivity contribution >= 4 is 33.1 Å². The fraction of sp³-hybridized carbons (Fsp3) is 0.217. The summed E-state index contributed by atoms with van der Waals surface area (Å²) in [6.07, 6.45) is 1.83. The number of carbonyl (C=O) groups is 2. The number of aryl methyl sites for hydroxylation is 2. The highest BCUT2D eigenvalue weighted by molar-refractivity contribution is 7.92. The van der Waals surface area contributed by atoms with Crippen LogP contribution in [0, 0.1) is 13.8 Å². The van der Waals surface area contributed by atoms with Crippen LogP contribution in [-0.4, -0.2) is 20.1 Å². The molecule has 4 rings (SSSR count). The lowest BCUT2D eigenvalue weighted by Crippen LogP contribution is -2.14. The summed E-state index contributed by atoms with van der Waals surface area (Å²) in [6.45, 7) is 3.59. The van der Waals surface area contributed by atoms with E-state index in [1.165, 1.54) is 0 Å². The lowest BCUT2D eigenvalue weighted by Gasteiger charge is -2.10. The summed E-state index contributed by atoms with van der Waals surface area (Å²) >= 11 is 0. The van der Waals surface area contributed by atoms with Crippen molar-refractivity contribution in [2.75, 3.05) is 10.0 Å². The first-order valence-electron chi connectivity index (χ1n) is 9.91. The largest absolute Gasteiger partial charge is 0.455 e. The number of furan rings is 1. The summed E-state index contributed by atoms with van der Waals surface area (Å²) in [5.41, 5.74) is 2.89. The highest BCUT2D eigenvalue weighted by Gasteiger charge is 2.28. The second-order valence-corrected chi connectivity index (χ2v) is 9.26. The Hall–Kier alpha value is -3.39. The lowest BCUT2D eigenvalue weighted by atomic mass is 9.94.